The monoisotopic (exact) mass is 453 g/mol. The van der Waals surface area contributed by atoms with Crippen molar-refractivity contribution < 1.29 is 13.9 Å². The zero-order chi connectivity index (χ0) is 23.8. The van der Waals surface area contributed by atoms with Crippen LogP contribution in [0.4, 0.5) is 4.39 Å². The average molecular weight is 454 g/mol. The van der Waals surface area contributed by atoms with E-state index in [1.165, 1.54) is 12.1 Å². The molecule has 0 radical (unpaired) electrons. The lowest BCUT2D eigenvalue weighted by atomic mass is 9.98. The maximum Gasteiger partial charge on any atom is 0.220 e. The first-order valence-corrected chi connectivity index (χ1v) is 11.1. The largest absolute Gasteiger partial charge is 0.485 e. The number of nitriles is 1. The van der Waals surface area contributed by atoms with E-state index in [-0.39, 0.29) is 17.8 Å². The van der Waals surface area contributed by atoms with Gasteiger partial charge in [0.2, 0.25) is 5.91 Å². The van der Waals surface area contributed by atoms with Crippen molar-refractivity contribution in [2.24, 2.45) is 0 Å². The Balaban J connectivity index is 0.000000398. The standard InChI is InChI=1S/C24H17FN2O.C4H7NO/c25-19-9-5-17(6-10-19)15-24(28-20-11-7-18(16-26)8-12-20)22-13-14-27-23-4-2-1-3-21(22)23;6-4-2-1-3-5-4/h1-14,24H,15H2;1-3H2,(H,5,6)/t24-;/m1./s1. The van der Waals surface area contributed by atoms with Crippen LogP contribution in [-0.4, -0.2) is 17.4 Å². The van der Waals surface area contributed by atoms with Gasteiger partial charge in [0.15, 0.2) is 0 Å². The number of hydrogen-bond acceptors (Lipinski definition) is 4. The summed E-state index contributed by atoms with van der Waals surface area (Å²) in [6, 6.07) is 25.5. The van der Waals surface area contributed by atoms with Gasteiger partial charge in [0.05, 0.1) is 17.1 Å². The lowest BCUT2D eigenvalue weighted by Gasteiger charge is -2.21. The van der Waals surface area contributed by atoms with Gasteiger partial charge in [-0.2, -0.15) is 5.26 Å². The summed E-state index contributed by atoms with van der Waals surface area (Å²) in [5.41, 5.74) is 3.46. The fraction of sp³-hybridized carbons (Fsp3) is 0.179. The van der Waals surface area contributed by atoms with Gasteiger partial charge in [0.1, 0.15) is 17.7 Å². The summed E-state index contributed by atoms with van der Waals surface area (Å²) >= 11 is 0. The van der Waals surface area contributed by atoms with Crippen molar-refractivity contribution in [1.82, 2.24) is 10.3 Å². The number of nitrogens with one attached hydrogen (secondary N) is 1. The SMILES string of the molecule is N#Cc1ccc(O[C@H](Cc2ccc(F)cc2)c2ccnc3ccccc23)cc1.O=C1CCCN1. The number of carbonyl (C=O) groups excluding carboxylic acids is 1. The summed E-state index contributed by atoms with van der Waals surface area (Å²) in [6.07, 6.45) is 3.83. The fourth-order valence-corrected chi connectivity index (χ4v) is 3.79. The third-order valence-corrected chi connectivity index (χ3v) is 5.53. The first kappa shape index (κ1) is 22.9. The Hall–Kier alpha value is -4.24. The molecule has 1 aliphatic rings. The molecule has 4 aromatic rings. The summed E-state index contributed by atoms with van der Waals surface area (Å²) in [7, 11) is 0. The molecule has 2 heterocycles. The quantitative estimate of drug-likeness (QED) is 0.433. The second-order valence-corrected chi connectivity index (χ2v) is 7.94. The average Bonchev–Trinajstić information content (AvgIpc) is 3.36. The number of aromatic nitrogens is 1. The molecule has 1 atom stereocenters. The Bertz CT molecular complexity index is 1280. The van der Waals surface area contributed by atoms with Gasteiger partial charge < -0.3 is 10.1 Å². The van der Waals surface area contributed by atoms with E-state index in [9.17, 15) is 9.18 Å². The Morgan fingerprint density at radius 1 is 1.03 bits per heavy atom. The van der Waals surface area contributed by atoms with Crippen LogP contribution >= 0.6 is 0 Å². The number of fused-ring (bicyclic) bond motifs is 1. The summed E-state index contributed by atoms with van der Waals surface area (Å²) < 4.78 is 19.6. The van der Waals surface area contributed by atoms with E-state index in [0.717, 1.165) is 41.4 Å². The van der Waals surface area contributed by atoms with E-state index >= 15 is 0 Å². The maximum absolute atomic E-state index is 13.3. The predicted molar refractivity (Wildman–Crippen MR) is 129 cm³/mol. The van der Waals surface area contributed by atoms with Crippen LogP contribution in [0, 0.1) is 17.1 Å². The van der Waals surface area contributed by atoms with E-state index in [0.29, 0.717) is 17.7 Å². The summed E-state index contributed by atoms with van der Waals surface area (Å²) in [4.78, 5) is 14.6. The van der Waals surface area contributed by atoms with Crippen LogP contribution < -0.4 is 10.1 Å². The van der Waals surface area contributed by atoms with E-state index in [1.807, 2.05) is 30.3 Å². The van der Waals surface area contributed by atoms with Gasteiger partial charge in [-0.3, -0.25) is 9.78 Å². The molecule has 0 aliphatic carbocycles. The van der Waals surface area contributed by atoms with Crippen molar-refractivity contribution in [1.29, 1.82) is 5.26 Å². The number of rotatable bonds is 5. The number of halogens is 1. The second kappa shape index (κ2) is 11.1. The van der Waals surface area contributed by atoms with Gasteiger partial charge in [-0.1, -0.05) is 30.3 Å². The molecule has 5 nitrogen and oxygen atoms in total. The molecule has 3 aromatic carbocycles. The molecule has 1 aromatic heterocycles. The van der Waals surface area contributed by atoms with Gasteiger partial charge in [-0.25, -0.2) is 4.39 Å². The molecule has 0 saturated carbocycles. The van der Waals surface area contributed by atoms with Crippen molar-refractivity contribution >= 4 is 16.8 Å². The first-order chi connectivity index (χ1) is 16.6. The highest BCUT2D eigenvalue weighted by Gasteiger charge is 2.18. The van der Waals surface area contributed by atoms with Gasteiger partial charge >= 0.3 is 0 Å². The third kappa shape index (κ3) is 5.96. The highest BCUT2D eigenvalue weighted by molar-refractivity contribution is 5.82. The van der Waals surface area contributed by atoms with Gasteiger partial charge in [-0.05, 0) is 60.5 Å². The normalized spacial score (nSPS) is 13.4. The number of ether oxygens (including phenoxy) is 1. The lowest BCUT2D eigenvalue weighted by molar-refractivity contribution is -0.119. The minimum Gasteiger partial charge on any atom is -0.485 e. The Kier molecular flexibility index (Phi) is 7.46. The maximum atomic E-state index is 13.3. The molecular formula is C28H24FN3O2. The van der Waals surface area contributed by atoms with Gasteiger partial charge in [0.25, 0.3) is 0 Å². The minimum atomic E-state index is -0.286. The van der Waals surface area contributed by atoms with E-state index < -0.39 is 0 Å². The van der Waals surface area contributed by atoms with Crippen LogP contribution in [-0.2, 0) is 11.2 Å². The number of carbonyl (C=O) groups is 1. The number of benzene rings is 3. The number of pyridine rings is 1. The van der Waals surface area contributed by atoms with Crippen molar-refractivity contribution in [3.63, 3.8) is 0 Å². The molecule has 6 heteroatoms. The fourth-order valence-electron chi connectivity index (χ4n) is 3.79. The van der Waals surface area contributed by atoms with Crippen molar-refractivity contribution in [3.05, 3.63) is 108 Å². The Labute approximate surface area is 197 Å². The number of amides is 1. The summed E-state index contributed by atoms with van der Waals surface area (Å²) in [5, 5.41) is 12.7. The molecular weight excluding hydrogens is 429 g/mol. The molecule has 0 bridgehead atoms. The van der Waals surface area contributed by atoms with Crippen LogP contribution in [0.15, 0.2) is 85.1 Å². The van der Waals surface area contributed by atoms with Crippen LogP contribution in [0.3, 0.4) is 0 Å². The van der Waals surface area contributed by atoms with Crippen molar-refractivity contribution in [2.45, 2.75) is 25.4 Å². The predicted octanol–water partition coefficient (Wildman–Crippen LogP) is 5.50. The minimum absolute atomic E-state index is 0.204. The Morgan fingerprint density at radius 3 is 2.44 bits per heavy atom. The molecule has 0 spiro atoms. The summed E-state index contributed by atoms with van der Waals surface area (Å²) in [6.45, 7) is 0.888. The molecule has 170 valence electrons. The van der Waals surface area contributed by atoms with Crippen molar-refractivity contribution in [3.8, 4) is 11.8 Å². The molecule has 34 heavy (non-hydrogen) atoms. The highest BCUT2D eigenvalue weighted by Crippen LogP contribution is 2.30. The molecule has 1 fully saturated rings. The van der Waals surface area contributed by atoms with Gasteiger partial charge in [-0.15, -0.1) is 0 Å². The van der Waals surface area contributed by atoms with Crippen LogP contribution in [0.1, 0.15) is 35.6 Å². The second-order valence-electron chi connectivity index (χ2n) is 7.94. The number of hydrogen-bond donors (Lipinski definition) is 1. The first-order valence-electron chi connectivity index (χ1n) is 11.1. The summed E-state index contributed by atoms with van der Waals surface area (Å²) in [5.74, 6) is 0.615. The molecule has 5 rings (SSSR count). The zero-order valence-electron chi connectivity index (χ0n) is 18.6. The highest BCUT2D eigenvalue weighted by atomic mass is 19.1. The Morgan fingerprint density at radius 2 is 1.79 bits per heavy atom. The molecule has 1 aliphatic heterocycles. The molecule has 1 saturated heterocycles. The van der Waals surface area contributed by atoms with E-state index in [1.54, 1.807) is 42.6 Å². The van der Waals surface area contributed by atoms with Crippen molar-refractivity contribution in [2.75, 3.05) is 6.54 Å². The van der Waals surface area contributed by atoms with Crippen LogP contribution in [0.5, 0.6) is 5.75 Å². The smallest absolute Gasteiger partial charge is 0.220 e. The topological polar surface area (TPSA) is 75.0 Å². The molecule has 0 unspecified atom stereocenters. The lowest BCUT2D eigenvalue weighted by Crippen LogP contribution is -2.12. The van der Waals surface area contributed by atoms with Crippen LogP contribution in [0.25, 0.3) is 10.9 Å². The number of para-hydroxylation sites is 1. The van der Waals surface area contributed by atoms with Gasteiger partial charge in [0, 0.05) is 36.5 Å². The van der Waals surface area contributed by atoms with E-state index in [4.69, 9.17) is 10.00 Å². The zero-order valence-corrected chi connectivity index (χ0v) is 18.6. The number of nitrogens with zero attached hydrogens (tertiary/aromatic N) is 2. The molecule has 1 amide bonds. The van der Waals surface area contributed by atoms with Crippen LogP contribution in [0.2, 0.25) is 0 Å². The van der Waals surface area contributed by atoms with E-state index in [2.05, 4.69) is 16.4 Å². The third-order valence-electron chi connectivity index (χ3n) is 5.53. The molecule has 1 N–H and O–H groups in total.